The van der Waals surface area contributed by atoms with Gasteiger partial charge in [-0.15, -0.1) is 0 Å². The summed E-state index contributed by atoms with van der Waals surface area (Å²) in [4.78, 5) is 4.12. The number of hydrogen-bond donors (Lipinski definition) is 0. The molecule has 0 aromatic carbocycles. The molecule has 0 aliphatic heterocycles. The van der Waals surface area contributed by atoms with Gasteiger partial charge in [0.25, 0.3) is 5.78 Å². The van der Waals surface area contributed by atoms with E-state index in [-0.39, 0.29) is 0 Å². The first-order valence-corrected chi connectivity index (χ1v) is 4.43. The van der Waals surface area contributed by atoms with E-state index >= 15 is 0 Å². The van der Waals surface area contributed by atoms with Crippen LogP contribution in [-0.4, -0.2) is 25.0 Å². The second-order valence-corrected chi connectivity index (χ2v) is 2.99. The van der Waals surface area contributed by atoms with E-state index in [0.717, 1.165) is 6.42 Å². The van der Waals surface area contributed by atoms with Gasteiger partial charge in [-0.25, -0.2) is 4.98 Å². The predicted molar refractivity (Wildman–Crippen MR) is 47.2 cm³/mol. The van der Waals surface area contributed by atoms with Gasteiger partial charge in [-0.05, 0) is 28.8 Å². The fourth-order valence-corrected chi connectivity index (χ4v) is 1.20. The van der Waals surface area contributed by atoms with E-state index in [4.69, 9.17) is 0 Å². The smallest absolute Gasteiger partial charge is 0.218 e. The van der Waals surface area contributed by atoms with Crippen molar-refractivity contribution in [3.8, 4) is 0 Å². The third-order valence-corrected chi connectivity index (χ3v) is 1.93. The second-order valence-electron chi connectivity index (χ2n) is 2.99. The highest BCUT2D eigenvalue weighted by Gasteiger charge is 1.99. The standard InChI is InChI=1S/C8H11N5/c1-2-3-4-7-5-9-8-10-11-12-13(8)6-7/h5-6H,2-4H2,1H3. The largest absolute Gasteiger partial charge is 0.273 e. The first-order valence-electron chi connectivity index (χ1n) is 4.43. The summed E-state index contributed by atoms with van der Waals surface area (Å²) < 4.78 is 1.60. The first kappa shape index (κ1) is 8.10. The average Bonchev–Trinajstić information content (AvgIpc) is 2.61. The Morgan fingerprint density at radius 3 is 3.23 bits per heavy atom. The van der Waals surface area contributed by atoms with Gasteiger partial charge in [0, 0.05) is 12.4 Å². The molecule has 5 heteroatoms. The monoisotopic (exact) mass is 177 g/mol. The van der Waals surface area contributed by atoms with Gasteiger partial charge in [0.15, 0.2) is 0 Å². The summed E-state index contributed by atoms with van der Waals surface area (Å²) in [6, 6.07) is 0. The van der Waals surface area contributed by atoms with E-state index in [1.165, 1.54) is 18.4 Å². The summed E-state index contributed by atoms with van der Waals surface area (Å²) in [5, 5.41) is 11.0. The Morgan fingerprint density at radius 2 is 2.38 bits per heavy atom. The maximum absolute atomic E-state index is 4.12. The molecule has 68 valence electrons. The van der Waals surface area contributed by atoms with Crippen LogP contribution >= 0.6 is 0 Å². The third-order valence-electron chi connectivity index (χ3n) is 1.93. The SMILES string of the molecule is CCCCc1cnc2nnnn2c1. The van der Waals surface area contributed by atoms with Crippen LogP contribution in [0.25, 0.3) is 5.78 Å². The van der Waals surface area contributed by atoms with Crippen molar-refractivity contribution < 1.29 is 0 Å². The van der Waals surface area contributed by atoms with Gasteiger partial charge in [-0.2, -0.15) is 4.52 Å². The Balaban J connectivity index is 2.26. The average molecular weight is 177 g/mol. The Hall–Kier alpha value is -1.52. The highest BCUT2D eigenvalue weighted by atomic mass is 15.5. The minimum absolute atomic E-state index is 0.556. The summed E-state index contributed by atoms with van der Waals surface area (Å²) in [6.07, 6.45) is 7.17. The number of hydrogen-bond acceptors (Lipinski definition) is 4. The number of rotatable bonds is 3. The minimum Gasteiger partial charge on any atom is -0.218 e. The molecule has 0 fully saturated rings. The number of aromatic nitrogens is 5. The highest BCUT2D eigenvalue weighted by molar-refractivity contribution is 5.24. The van der Waals surface area contributed by atoms with E-state index in [0.29, 0.717) is 5.78 Å². The first-order chi connectivity index (χ1) is 6.40. The molecule has 0 aliphatic rings. The molecule has 0 aliphatic carbocycles. The Morgan fingerprint density at radius 1 is 1.46 bits per heavy atom. The number of tetrazole rings is 1. The molecule has 2 aromatic rings. The lowest BCUT2D eigenvalue weighted by Crippen LogP contribution is -1.94. The molecule has 5 nitrogen and oxygen atoms in total. The zero-order chi connectivity index (χ0) is 9.10. The summed E-state index contributed by atoms with van der Waals surface area (Å²) >= 11 is 0. The van der Waals surface area contributed by atoms with Crippen LogP contribution in [0.5, 0.6) is 0 Å². The summed E-state index contributed by atoms with van der Waals surface area (Å²) in [6.45, 7) is 2.17. The Bertz CT molecular complexity index is 394. The van der Waals surface area contributed by atoms with Crippen LogP contribution in [0.15, 0.2) is 12.4 Å². The maximum Gasteiger partial charge on any atom is 0.273 e. The van der Waals surface area contributed by atoms with Crippen LogP contribution in [0.4, 0.5) is 0 Å². The van der Waals surface area contributed by atoms with Gasteiger partial charge >= 0.3 is 0 Å². The van der Waals surface area contributed by atoms with Crippen molar-refractivity contribution in [1.82, 2.24) is 25.0 Å². The molecule has 0 unspecified atom stereocenters. The molecule has 0 atom stereocenters. The Kier molecular flexibility index (Phi) is 2.16. The van der Waals surface area contributed by atoms with E-state index in [1.54, 1.807) is 4.52 Å². The van der Waals surface area contributed by atoms with Crippen molar-refractivity contribution >= 4 is 5.78 Å². The van der Waals surface area contributed by atoms with Crippen LogP contribution in [0.1, 0.15) is 25.3 Å². The van der Waals surface area contributed by atoms with Gasteiger partial charge < -0.3 is 0 Å². The third kappa shape index (κ3) is 1.63. The molecule has 13 heavy (non-hydrogen) atoms. The molecule has 2 aromatic heterocycles. The van der Waals surface area contributed by atoms with Crippen LogP contribution in [0.2, 0.25) is 0 Å². The number of unbranched alkanes of at least 4 members (excludes halogenated alkanes) is 1. The molecule has 0 bridgehead atoms. The summed E-state index contributed by atoms with van der Waals surface area (Å²) in [5.74, 6) is 0.556. The lowest BCUT2D eigenvalue weighted by Gasteiger charge is -1.97. The highest BCUT2D eigenvalue weighted by Crippen LogP contribution is 2.03. The molecule has 0 amide bonds. The molecule has 2 rings (SSSR count). The van der Waals surface area contributed by atoms with Crippen molar-refractivity contribution in [2.75, 3.05) is 0 Å². The van der Waals surface area contributed by atoms with Crippen molar-refractivity contribution in [2.24, 2.45) is 0 Å². The normalized spacial score (nSPS) is 10.8. The maximum atomic E-state index is 4.12. The molecule has 2 heterocycles. The molecule has 0 saturated carbocycles. The Labute approximate surface area is 75.8 Å². The number of fused-ring (bicyclic) bond motifs is 1. The van der Waals surface area contributed by atoms with Gasteiger partial charge in [-0.1, -0.05) is 18.4 Å². The van der Waals surface area contributed by atoms with E-state index in [2.05, 4.69) is 27.4 Å². The molecule has 0 spiro atoms. The topological polar surface area (TPSA) is 56.0 Å². The van der Waals surface area contributed by atoms with E-state index in [9.17, 15) is 0 Å². The minimum atomic E-state index is 0.556. The fraction of sp³-hybridized carbons (Fsp3) is 0.500. The van der Waals surface area contributed by atoms with Gasteiger partial charge in [-0.3, -0.25) is 0 Å². The zero-order valence-electron chi connectivity index (χ0n) is 7.51. The predicted octanol–water partition coefficient (Wildman–Crippen LogP) is 0.862. The molecular weight excluding hydrogens is 166 g/mol. The molecule has 0 saturated heterocycles. The van der Waals surface area contributed by atoms with Crippen molar-refractivity contribution in [1.29, 1.82) is 0 Å². The fourth-order valence-electron chi connectivity index (χ4n) is 1.20. The quantitative estimate of drug-likeness (QED) is 0.697. The van der Waals surface area contributed by atoms with Crippen molar-refractivity contribution in [2.45, 2.75) is 26.2 Å². The van der Waals surface area contributed by atoms with Crippen molar-refractivity contribution in [3.63, 3.8) is 0 Å². The second kappa shape index (κ2) is 3.47. The number of nitrogens with zero attached hydrogens (tertiary/aromatic N) is 5. The summed E-state index contributed by atoms with van der Waals surface area (Å²) in [7, 11) is 0. The van der Waals surface area contributed by atoms with Crippen LogP contribution in [0, 0.1) is 0 Å². The van der Waals surface area contributed by atoms with Crippen LogP contribution in [-0.2, 0) is 6.42 Å². The van der Waals surface area contributed by atoms with Gasteiger partial charge in [0.1, 0.15) is 0 Å². The van der Waals surface area contributed by atoms with Crippen LogP contribution in [0.3, 0.4) is 0 Å². The summed E-state index contributed by atoms with van der Waals surface area (Å²) in [5.41, 5.74) is 1.18. The molecule has 0 N–H and O–H groups in total. The van der Waals surface area contributed by atoms with Gasteiger partial charge in [0.05, 0.1) is 0 Å². The van der Waals surface area contributed by atoms with Crippen LogP contribution < -0.4 is 0 Å². The molecule has 0 radical (unpaired) electrons. The zero-order valence-corrected chi connectivity index (χ0v) is 7.51. The molecular formula is C8H11N5. The van der Waals surface area contributed by atoms with Crippen molar-refractivity contribution in [3.05, 3.63) is 18.0 Å². The number of aryl methyl sites for hydroxylation is 1. The lowest BCUT2D eigenvalue weighted by atomic mass is 10.2. The van der Waals surface area contributed by atoms with Gasteiger partial charge in [0.2, 0.25) is 0 Å². The van der Waals surface area contributed by atoms with E-state index < -0.39 is 0 Å². The lowest BCUT2D eigenvalue weighted by molar-refractivity contribution is 0.769. The van der Waals surface area contributed by atoms with E-state index in [1.807, 2.05) is 12.4 Å².